The summed E-state index contributed by atoms with van der Waals surface area (Å²) in [6.45, 7) is 1.84. The number of methoxy groups -OCH3 is 1. The smallest absolute Gasteiger partial charge is 0.317 e. The van der Waals surface area contributed by atoms with Crippen molar-refractivity contribution in [3.8, 4) is 5.75 Å². The van der Waals surface area contributed by atoms with E-state index in [1.54, 1.807) is 25.3 Å². The minimum absolute atomic E-state index is 0.309. The van der Waals surface area contributed by atoms with Crippen molar-refractivity contribution in [3.05, 3.63) is 65.5 Å². The predicted molar refractivity (Wildman–Crippen MR) is 107 cm³/mol. The largest absolute Gasteiger partial charge is 0.497 e. The van der Waals surface area contributed by atoms with E-state index in [0.29, 0.717) is 24.9 Å². The molecule has 0 aromatic heterocycles. The van der Waals surface area contributed by atoms with Crippen LogP contribution in [-0.2, 0) is 26.3 Å². The predicted octanol–water partition coefficient (Wildman–Crippen LogP) is 3.89. The highest BCUT2D eigenvalue weighted by Gasteiger charge is 2.46. The lowest BCUT2D eigenvalue weighted by Crippen LogP contribution is -2.42. The second-order valence-corrected chi connectivity index (χ2v) is 7.38. The second kappa shape index (κ2) is 9.07. The Kier molecular flexibility index (Phi) is 6.52. The first kappa shape index (κ1) is 20.8. The van der Waals surface area contributed by atoms with Crippen LogP contribution in [0.15, 0.2) is 48.5 Å². The molecular formula is C23H26FNO4. The van der Waals surface area contributed by atoms with E-state index in [2.05, 4.69) is 5.32 Å². The number of carbonyl (C=O) groups is 2. The Labute approximate surface area is 170 Å². The summed E-state index contributed by atoms with van der Waals surface area (Å²) < 4.78 is 25.0. The van der Waals surface area contributed by atoms with E-state index in [-0.39, 0.29) is 0 Å². The molecule has 1 fully saturated rings. The molecule has 0 aliphatic heterocycles. The highest BCUT2D eigenvalue weighted by Crippen LogP contribution is 2.43. The summed E-state index contributed by atoms with van der Waals surface area (Å²) >= 11 is 0. The number of carbonyl (C=O) groups excluding carboxylic acids is 2. The fourth-order valence-corrected chi connectivity index (χ4v) is 3.81. The lowest BCUT2D eigenvalue weighted by molar-refractivity contribution is -0.160. The molecule has 0 unspecified atom stereocenters. The third-order valence-electron chi connectivity index (χ3n) is 5.52. The maximum absolute atomic E-state index is 14.4. The maximum Gasteiger partial charge on any atom is 0.317 e. The van der Waals surface area contributed by atoms with Crippen LogP contribution in [0.4, 0.5) is 4.39 Å². The summed E-state index contributed by atoms with van der Waals surface area (Å²) in [5.41, 5.74) is 0.236. The molecule has 154 valence electrons. The average molecular weight is 399 g/mol. The lowest BCUT2D eigenvalue weighted by atomic mass is 9.78. The van der Waals surface area contributed by atoms with Crippen LogP contribution in [0.1, 0.15) is 43.7 Å². The first-order valence-corrected chi connectivity index (χ1v) is 9.83. The van der Waals surface area contributed by atoms with E-state index < -0.39 is 29.2 Å². The van der Waals surface area contributed by atoms with Crippen molar-refractivity contribution < 1.29 is 23.5 Å². The van der Waals surface area contributed by atoms with Gasteiger partial charge in [0.2, 0.25) is 0 Å². The topological polar surface area (TPSA) is 64.6 Å². The Bertz CT molecular complexity index is 859. The van der Waals surface area contributed by atoms with Crippen molar-refractivity contribution in [2.45, 2.75) is 50.7 Å². The van der Waals surface area contributed by atoms with E-state index in [9.17, 15) is 14.0 Å². The molecule has 0 heterocycles. The standard InChI is InChI=1S/C23H26FNO4/c1-16(21(26)25-15-17-9-11-18(28-2)12-10-17)29-22(27)23(13-5-6-14-23)19-7-3-4-8-20(19)24/h3-4,7-12,16H,5-6,13-15H2,1-2H3,(H,25,26)/t16-/m1/s1. The van der Waals surface area contributed by atoms with Crippen molar-refractivity contribution >= 4 is 11.9 Å². The maximum atomic E-state index is 14.4. The van der Waals surface area contributed by atoms with Gasteiger partial charge in [0.15, 0.2) is 6.10 Å². The number of halogens is 1. The number of benzene rings is 2. The van der Waals surface area contributed by atoms with Crippen LogP contribution in [0.5, 0.6) is 5.75 Å². The van der Waals surface area contributed by atoms with Crippen molar-refractivity contribution in [3.63, 3.8) is 0 Å². The zero-order valence-corrected chi connectivity index (χ0v) is 16.7. The van der Waals surface area contributed by atoms with Gasteiger partial charge < -0.3 is 14.8 Å². The van der Waals surface area contributed by atoms with Gasteiger partial charge in [-0.05, 0) is 43.5 Å². The van der Waals surface area contributed by atoms with Gasteiger partial charge in [0.05, 0.1) is 12.5 Å². The van der Waals surface area contributed by atoms with Gasteiger partial charge in [0, 0.05) is 12.1 Å². The number of esters is 1. The molecule has 0 bridgehead atoms. The summed E-state index contributed by atoms with van der Waals surface area (Å²) in [6.07, 6.45) is 1.72. The van der Waals surface area contributed by atoms with Crippen molar-refractivity contribution in [1.82, 2.24) is 5.32 Å². The molecule has 2 aromatic rings. The first-order chi connectivity index (χ1) is 14.0. The van der Waals surface area contributed by atoms with E-state index in [1.165, 1.54) is 13.0 Å². The summed E-state index contributed by atoms with van der Waals surface area (Å²) in [7, 11) is 1.59. The molecular weight excluding hydrogens is 373 g/mol. The van der Waals surface area contributed by atoms with Gasteiger partial charge in [0.1, 0.15) is 11.6 Å². The molecule has 0 radical (unpaired) electrons. The van der Waals surface area contributed by atoms with Gasteiger partial charge in [-0.15, -0.1) is 0 Å². The first-order valence-electron chi connectivity index (χ1n) is 9.83. The van der Waals surface area contributed by atoms with Crippen molar-refractivity contribution in [2.75, 3.05) is 7.11 Å². The van der Waals surface area contributed by atoms with E-state index in [1.807, 2.05) is 24.3 Å². The van der Waals surface area contributed by atoms with Gasteiger partial charge in [-0.1, -0.05) is 43.2 Å². The average Bonchev–Trinajstić information content (AvgIpc) is 3.23. The normalized spacial score (nSPS) is 16.1. The molecule has 0 saturated heterocycles. The molecule has 1 amide bonds. The summed E-state index contributed by atoms with van der Waals surface area (Å²) in [5.74, 6) is -0.608. The third kappa shape index (κ3) is 4.58. The fraction of sp³-hybridized carbons (Fsp3) is 0.391. The number of amides is 1. The van der Waals surface area contributed by atoms with E-state index >= 15 is 0 Å². The minimum atomic E-state index is -1.02. The Morgan fingerprint density at radius 1 is 1.10 bits per heavy atom. The quantitative estimate of drug-likeness (QED) is 0.718. The Balaban J connectivity index is 1.63. The van der Waals surface area contributed by atoms with Crippen molar-refractivity contribution in [2.24, 2.45) is 0 Å². The SMILES string of the molecule is COc1ccc(CNC(=O)[C@@H](C)OC(=O)C2(c3ccccc3F)CCCC2)cc1. The Morgan fingerprint density at radius 3 is 2.38 bits per heavy atom. The molecule has 5 nitrogen and oxygen atoms in total. The zero-order chi connectivity index (χ0) is 20.9. The summed E-state index contributed by atoms with van der Waals surface area (Å²) in [6, 6.07) is 13.6. The fourth-order valence-electron chi connectivity index (χ4n) is 3.81. The lowest BCUT2D eigenvalue weighted by Gasteiger charge is -2.29. The monoisotopic (exact) mass is 399 g/mol. The van der Waals surface area contributed by atoms with Gasteiger partial charge in [0.25, 0.3) is 5.91 Å². The number of rotatable bonds is 7. The van der Waals surface area contributed by atoms with Crippen LogP contribution in [0.25, 0.3) is 0 Å². The number of hydrogen-bond acceptors (Lipinski definition) is 4. The van der Waals surface area contributed by atoms with Gasteiger partial charge >= 0.3 is 5.97 Å². The van der Waals surface area contributed by atoms with Crippen LogP contribution >= 0.6 is 0 Å². The molecule has 1 atom stereocenters. The van der Waals surface area contributed by atoms with Crippen LogP contribution in [-0.4, -0.2) is 25.1 Å². The molecule has 0 spiro atoms. The van der Waals surface area contributed by atoms with E-state index in [0.717, 1.165) is 24.2 Å². The van der Waals surface area contributed by atoms with Gasteiger partial charge in [-0.2, -0.15) is 0 Å². The van der Waals surface area contributed by atoms with Crippen LogP contribution < -0.4 is 10.1 Å². The molecule has 3 rings (SSSR count). The number of nitrogens with one attached hydrogen (secondary N) is 1. The van der Waals surface area contributed by atoms with Crippen LogP contribution in [0, 0.1) is 5.82 Å². The van der Waals surface area contributed by atoms with Crippen LogP contribution in [0.3, 0.4) is 0 Å². The highest BCUT2D eigenvalue weighted by atomic mass is 19.1. The molecule has 29 heavy (non-hydrogen) atoms. The zero-order valence-electron chi connectivity index (χ0n) is 16.7. The molecule has 1 saturated carbocycles. The molecule has 6 heteroatoms. The third-order valence-corrected chi connectivity index (χ3v) is 5.52. The van der Waals surface area contributed by atoms with Gasteiger partial charge in [-0.3, -0.25) is 9.59 Å². The molecule has 1 aliphatic rings. The summed E-state index contributed by atoms with van der Waals surface area (Å²) in [5, 5.41) is 2.76. The van der Waals surface area contributed by atoms with Crippen LogP contribution in [0.2, 0.25) is 0 Å². The summed E-state index contributed by atoms with van der Waals surface area (Å²) in [4.78, 5) is 25.4. The highest BCUT2D eigenvalue weighted by molar-refractivity contribution is 5.88. The van der Waals surface area contributed by atoms with Gasteiger partial charge in [-0.25, -0.2) is 4.39 Å². The molecule has 1 aliphatic carbocycles. The Morgan fingerprint density at radius 2 is 1.76 bits per heavy atom. The number of hydrogen-bond donors (Lipinski definition) is 1. The second-order valence-electron chi connectivity index (χ2n) is 7.38. The minimum Gasteiger partial charge on any atom is -0.497 e. The molecule has 1 N–H and O–H groups in total. The number of ether oxygens (including phenoxy) is 2. The van der Waals surface area contributed by atoms with E-state index in [4.69, 9.17) is 9.47 Å². The van der Waals surface area contributed by atoms with Crippen molar-refractivity contribution in [1.29, 1.82) is 0 Å². The Hall–Kier alpha value is -2.89. The molecule has 2 aromatic carbocycles.